The van der Waals surface area contributed by atoms with Crippen LogP contribution in [0.1, 0.15) is 10.4 Å². The number of hydrogen-bond donors (Lipinski definition) is 2. The fourth-order valence-electron chi connectivity index (χ4n) is 2.25. The van der Waals surface area contributed by atoms with Crippen molar-refractivity contribution in [2.45, 2.75) is 0 Å². The molecule has 2 N–H and O–H groups in total. The first-order valence-corrected chi connectivity index (χ1v) is 6.65. The number of diazo groups is 1. The van der Waals surface area contributed by atoms with Gasteiger partial charge >= 0.3 is 5.69 Å². The van der Waals surface area contributed by atoms with Gasteiger partial charge < -0.3 is 22.8 Å². The Kier molecular flexibility index (Phi) is 4.79. The number of phenolic OH excluding ortho intramolecular Hbond substituents is 1. The van der Waals surface area contributed by atoms with Crippen LogP contribution in [0.4, 0.5) is 11.4 Å². The summed E-state index contributed by atoms with van der Waals surface area (Å²) in [6, 6.07) is 17.1. The molecular formula is C17H12ClN3O2. The summed E-state index contributed by atoms with van der Waals surface area (Å²) >= 11 is 0. The maximum absolute atomic E-state index is 12.3. The highest BCUT2D eigenvalue weighted by atomic mass is 35.5. The SMILES string of the molecule is N#[N+]c1cccc(NC(=O)c2cc3ccccc3cc2O)c1.[Cl-]. The molecule has 3 aromatic carbocycles. The normalized spacial score (nSPS) is 9.70. The molecule has 0 bridgehead atoms. The van der Waals surface area contributed by atoms with E-state index in [4.69, 9.17) is 5.39 Å². The second-order valence-electron chi connectivity index (χ2n) is 4.82. The quantitative estimate of drug-likeness (QED) is 0.697. The highest BCUT2D eigenvalue weighted by molar-refractivity contribution is 6.08. The molecule has 0 atom stereocenters. The van der Waals surface area contributed by atoms with E-state index in [0.29, 0.717) is 11.4 Å². The van der Waals surface area contributed by atoms with E-state index in [1.165, 1.54) is 6.07 Å². The lowest BCUT2D eigenvalue weighted by Crippen LogP contribution is -3.00. The third kappa shape index (κ3) is 3.39. The molecule has 5 nitrogen and oxygen atoms in total. The number of anilines is 1. The summed E-state index contributed by atoms with van der Waals surface area (Å²) in [5.41, 5.74) is 0.999. The molecule has 23 heavy (non-hydrogen) atoms. The summed E-state index contributed by atoms with van der Waals surface area (Å²) in [7, 11) is 0. The number of fused-ring (bicyclic) bond motifs is 1. The number of phenols is 1. The summed E-state index contributed by atoms with van der Waals surface area (Å²) in [4.78, 5) is 15.4. The third-order valence-electron chi connectivity index (χ3n) is 3.33. The van der Waals surface area contributed by atoms with Gasteiger partial charge in [-0.3, -0.25) is 4.79 Å². The predicted octanol–water partition coefficient (Wildman–Crippen LogP) is 1.29. The smallest absolute Gasteiger partial charge is 0.387 e. The highest BCUT2D eigenvalue weighted by Gasteiger charge is 2.14. The molecule has 3 aromatic rings. The van der Waals surface area contributed by atoms with Gasteiger partial charge in [0.15, 0.2) is 4.98 Å². The van der Waals surface area contributed by atoms with Crippen LogP contribution in [-0.2, 0) is 0 Å². The molecule has 0 radical (unpaired) electrons. The fraction of sp³-hybridized carbons (Fsp3) is 0. The Morgan fingerprint density at radius 2 is 1.70 bits per heavy atom. The second-order valence-corrected chi connectivity index (χ2v) is 4.82. The van der Waals surface area contributed by atoms with Crippen molar-refractivity contribution in [3.05, 3.63) is 71.2 Å². The lowest BCUT2D eigenvalue weighted by molar-refractivity contribution is -0.0000135. The lowest BCUT2D eigenvalue weighted by atomic mass is 10.1. The summed E-state index contributed by atoms with van der Waals surface area (Å²) in [6.07, 6.45) is 0. The van der Waals surface area contributed by atoms with Crippen molar-refractivity contribution in [1.82, 2.24) is 0 Å². The van der Waals surface area contributed by atoms with Gasteiger partial charge in [-0.15, -0.1) is 0 Å². The molecule has 0 aliphatic heterocycles. The molecular weight excluding hydrogens is 314 g/mol. The number of carbonyl (C=O) groups is 1. The van der Waals surface area contributed by atoms with Crippen molar-refractivity contribution < 1.29 is 22.3 Å². The van der Waals surface area contributed by atoms with Crippen LogP contribution >= 0.6 is 0 Å². The van der Waals surface area contributed by atoms with E-state index in [-0.39, 0.29) is 23.7 Å². The molecule has 0 heterocycles. The van der Waals surface area contributed by atoms with Crippen molar-refractivity contribution in [2.75, 3.05) is 5.32 Å². The maximum Gasteiger partial charge on any atom is 0.387 e. The molecule has 0 aromatic heterocycles. The minimum absolute atomic E-state index is 0. The first-order chi connectivity index (χ1) is 10.7. The molecule has 0 aliphatic carbocycles. The van der Waals surface area contributed by atoms with Gasteiger partial charge in [-0.2, -0.15) is 0 Å². The van der Waals surface area contributed by atoms with Gasteiger partial charge in [-0.1, -0.05) is 30.3 Å². The predicted molar refractivity (Wildman–Crippen MR) is 84.8 cm³/mol. The first-order valence-electron chi connectivity index (χ1n) is 6.65. The molecule has 3 rings (SSSR count). The second kappa shape index (κ2) is 6.77. The van der Waals surface area contributed by atoms with Gasteiger partial charge in [-0.25, -0.2) is 0 Å². The molecule has 6 heteroatoms. The van der Waals surface area contributed by atoms with E-state index in [1.807, 2.05) is 24.3 Å². The summed E-state index contributed by atoms with van der Waals surface area (Å²) in [5.74, 6) is -0.516. The van der Waals surface area contributed by atoms with Crippen LogP contribution in [0.25, 0.3) is 15.7 Å². The zero-order valence-corrected chi connectivity index (χ0v) is 12.7. The van der Waals surface area contributed by atoms with E-state index in [1.54, 1.807) is 30.3 Å². The first kappa shape index (κ1) is 16.3. The van der Waals surface area contributed by atoms with Crippen molar-refractivity contribution in [2.24, 2.45) is 0 Å². The van der Waals surface area contributed by atoms with Gasteiger partial charge in [0.25, 0.3) is 5.91 Å². The Morgan fingerprint density at radius 1 is 1.00 bits per heavy atom. The Labute approximate surface area is 138 Å². The topological polar surface area (TPSA) is 77.5 Å². The van der Waals surface area contributed by atoms with Crippen LogP contribution < -0.4 is 17.7 Å². The van der Waals surface area contributed by atoms with Crippen molar-refractivity contribution in [3.63, 3.8) is 0 Å². The van der Waals surface area contributed by atoms with Gasteiger partial charge in [0, 0.05) is 11.8 Å². The van der Waals surface area contributed by atoms with Crippen LogP contribution in [0.5, 0.6) is 5.75 Å². The van der Waals surface area contributed by atoms with Gasteiger partial charge in [0.1, 0.15) is 5.75 Å². The minimum Gasteiger partial charge on any atom is -1.00 e. The van der Waals surface area contributed by atoms with E-state index in [2.05, 4.69) is 10.3 Å². The largest absolute Gasteiger partial charge is 1.00 e. The van der Waals surface area contributed by atoms with Gasteiger partial charge in [0.05, 0.1) is 11.6 Å². The monoisotopic (exact) mass is 325 g/mol. The number of nitrogens with zero attached hydrogens (tertiary/aromatic N) is 2. The molecule has 0 saturated carbocycles. The molecule has 0 fully saturated rings. The summed E-state index contributed by atoms with van der Waals surface area (Å²) in [5, 5.41) is 23.2. The molecule has 0 aliphatic rings. The number of benzene rings is 3. The number of rotatable bonds is 2. The highest BCUT2D eigenvalue weighted by Crippen LogP contribution is 2.26. The Balaban J connectivity index is 0.00000192. The molecule has 114 valence electrons. The Morgan fingerprint density at radius 3 is 2.39 bits per heavy atom. The molecule has 0 unspecified atom stereocenters. The average Bonchev–Trinajstić information content (AvgIpc) is 2.54. The number of hydrogen-bond acceptors (Lipinski definition) is 3. The number of halogens is 1. The van der Waals surface area contributed by atoms with Gasteiger partial charge in [-0.05, 0) is 29.0 Å². The van der Waals surface area contributed by atoms with Crippen LogP contribution in [-0.4, -0.2) is 11.0 Å². The average molecular weight is 326 g/mol. The molecule has 0 spiro atoms. The maximum atomic E-state index is 12.3. The number of aromatic hydroxyl groups is 1. The van der Waals surface area contributed by atoms with Crippen molar-refractivity contribution in [1.29, 1.82) is 5.39 Å². The lowest BCUT2D eigenvalue weighted by Gasteiger charge is -2.08. The number of amides is 1. The zero-order valence-electron chi connectivity index (χ0n) is 11.9. The molecule has 1 amide bonds. The van der Waals surface area contributed by atoms with E-state index >= 15 is 0 Å². The standard InChI is InChI=1S/C17H11N3O2.ClH/c18-20-14-7-3-6-13(10-14)19-17(22)15-8-11-4-1-2-5-12(11)9-16(15)21;/h1-10H,(H-,19,21,22);1H. The van der Waals surface area contributed by atoms with Crippen LogP contribution in [0.15, 0.2) is 60.7 Å². The minimum atomic E-state index is -0.432. The third-order valence-corrected chi connectivity index (χ3v) is 3.33. The summed E-state index contributed by atoms with van der Waals surface area (Å²) in [6.45, 7) is 0. The number of carbonyl (C=O) groups excluding carboxylic acids is 1. The Bertz CT molecular complexity index is 919. The van der Waals surface area contributed by atoms with E-state index < -0.39 is 5.91 Å². The molecule has 0 saturated heterocycles. The number of nitrogens with one attached hydrogen (secondary N) is 1. The Hall–Kier alpha value is -3.10. The van der Waals surface area contributed by atoms with Gasteiger partial charge in [0.2, 0.25) is 5.39 Å². The summed E-state index contributed by atoms with van der Waals surface area (Å²) < 4.78 is 0. The van der Waals surface area contributed by atoms with Crippen LogP contribution in [0.2, 0.25) is 0 Å². The zero-order chi connectivity index (χ0) is 15.5. The van der Waals surface area contributed by atoms with E-state index in [0.717, 1.165) is 10.8 Å². The van der Waals surface area contributed by atoms with Crippen LogP contribution in [0, 0.1) is 5.39 Å². The van der Waals surface area contributed by atoms with Crippen LogP contribution in [0.3, 0.4) is 0 Å². The van der Waals surface area contributed by atoms with Crippen molar-refractivity contribution >= 4 is 28.1 Å². The fourth-order valence-corrected chi connectivity index (χ4v) is 2.25. The van der Waals surface area contributed by atoms with Crippen molar-refractivity contribution in [3.8, 4) is 5.75 Å². The van der Waals surface area contributed by atoms with E-state index in [9.17, 15) is 9.90 Å².